The predicted molar refractivity (Wildman–Crippen MR) is 112 cm³/mol. The first-order chi connectivity index (χ1) is 14.0. The average Bonchev–Trinajstić information content (AvgIpc) is 3.14. The molecule has 0 radical (unpaired) electrons. The summed E-state index contributed by atoms with van der Waals surface area (Å²) in [6.07, 6.45) is 5.05. The molecule has 6 nitrogen and oxygen atoms in total. The standard InChI is InChI=1S/C22H18ClN3O3/c1-12-15(7-8-16(23)18(12)22(28)29)20-19(14-9-10-24-17(27)11-14)25-21(26-20)13-5-3-2-4-6-13/h2-12,15H,1H3,(H,24,27)(H,25,26)(H,28,29). The lowest BCUT2D eigenvalue weighted by atomic mass is 9.80. The highest BCUT2D eigenvalue weighted by Crippen LogP contribution is 2.41. The molecule has 2 heterocycles. The van der Waals surface area contributed by atoms with Gasteiger partial charge >= 0.3 is 5.97 Å². The van der Waals surface area contributed by atoms with Crippen LogP contribution in [0.5, 0.6) is 0 Å². The normalized spacial score (nSPS) is 18.8. The number of aromatic nitrogens is 3. The lowest BCUT2D eigenvalue weighted by Crippen LogP contribution is -2.21. The number of benzene rings is 1. The highest BCUT2D eigenvalue weighted by molar-refractivity contribution is 6.33. The summed E-state index contributed by atoms with van der Waals surface area (Å²) in [5.41, 5.74) is 2.82. The Hall–Kier alpha value is -3.38. The zero-order valence-electron chi connectivity index (χ0n) is 15.5. The number of aliphatic carboxylic acids is 1. The summed E-state index contributed by atoms with van der Waals surface area (Å²) >= 11 is 6.14. The number of hydrogen-bond acceptors (Lipinski definition) is 3. The molecule has 146 valence electrons. The van der Waals surface area contributed by atoms with Gasteiger partial charge in [-0.15, -0.1) is 0 Å². The first kappa shape index (κ1) is 19.0. The largest absolute Gasteiger partial charge is 0.478 e. The lowest BCUT2D eigenvalue weighted by Gasteiger charge is -2.25. The maximum Gasteiger partial charge on any atom is 0.333 e. The monoisotopic (exact) mass is 407 g/mol. The molecule has 0 fully saturated rings. The third kappa shape index (κ3) is 3.54. The van der Waals surface area contributed by atoms with E-state index in [4.69, 9.17) is 16.6 Å². The number of halogens is 1. The summed E-state index contributed by atoms with van der Waals surface area (Å²) in [5.74, 6) is -1.07. The van der Waals surface area contributed by atoms with E-state index in [1.807, 2.05) is 43.3 Å². The third-order valence-corrected chi connectivity index (χ3v) is 5.42. The molecule has 1 aromatic carbocycles. The van der Waals surface area contributed by atoms with Crippen LogP contribution in [0.3, 0.4) is 0 Å². The molecule has 0 saturated heterocycles. The van der Waals surface area contributed by atoms with Crippen LogP contribution < -0.4 is 5.56 Å². The summed E-state index contributed by atoms with van der Waals surface area (Å²) in [5, 5.41) is 9.83. The number of carboxylic acids is 1. The average molecular weight is 408 g/mol. The van der Waals surface area contributed by atoms with Gasteiger partial charge in [0.15, 0.2) is 0 Å². The van der Waals surface area contributed by atoms with Gasteiger partial charge in [0.1, 0.15) is 5.82 Å². The van der Waals surface area contributed by atoms with Crippen molar-refractivity contribution >= 4 is 17.6 Å². The van der Waals surface area contributed by atoms with Crippen LogP contribution in [0.15, 0.2) is 76.2 Å². The van der Waals surface area contributed by atoms with Gasteiger partial charge in [-0.2, -0.15) is 0 Å². The fraction of sp³-hybridized carbons (Fsp3) is 0.136. The molecule has 7 heteroatoms. The van der Waals surface area contributed by atoms with Crippen molar-refractivity contribution in [1.82, 2.24) is 15.0 Å². The van der Waals surface area contributed by atoms with E-state index in [1.165, 1.54) is 6.07 Å². The second kappa shape index (κ2) is 7.56. The van der Waals surface area contributed by atoms with Crippen LogP contribution in [-0.4, -0.2) is 26.0 Å². The van der Waals surface area contributed by atoms with Gasteiger partial charge in [0.25, 0.3) is 0 Å². The van der Waals surface area contributed by atoms with Gasteiger partial charge in [-0.1, -0.05) is 54.9 Å². The van der Waals surface area contributed by atoms with Crippen molar-refractivity contribution in [1.29, 1.82) is 0 Å². The van der Waals surface area contributed by atoms with E-state index in [1.54, 1.807) is 18.3 Å². The Morgan fingerprint density at radius 3 is 2.62 bits per heavy atom. The Labute approximate surface area is 171 Å². The molecule has 0 saturated carbocycles. The first-order valence-corrected chi connectivity index (χ1v) is 9.49. The van der Waals surface area contributed by atoms with Gasteiger partial charge in [-0.3, -0.25) is 4.79 Å². The van der Waals surface area contributed by atoms with Gasteiger partial charge in [0.05, 0.1) is 22.0 Å². The van der Waals surface area contributed by atoms with Crippen LogP contribution in [0.25, 0.3) is 22.6 Å². The number of carbonyl (C=O) groups is 1. The van der Waals surface area contributed by atoms with Crippen LogP contribution in [0, 0.1) is 5.92 Å². The van der Waals surface area contributed by atoms with E-state index in [0.29, 0.717) is 17.1 Å². The molecule has 3 N–H and O–H groups in total. The van der Waals surface area contributed by atoms with E-state index in [0.717, 1.165) is 11.3 Å². The topological polar surface area (TPSA) is 98.8 Å². The molecule has 2 atom stereocenters. The highest BCUT2D eigenvalue weighted by Gasteiger charge is 2.33. The van der Waals surface area contributed by atoms with Crippen molar-refractivity contribution in [3.05, 3.63) is 87.5 Å². The Morgan fingerprint density at radius 1 is 1.17 bits per heavy atom. The number of nitrogens with zero attached hydrogens (tertiary/aromatic N) is 1. The van der Waals surface area contributed by atoms with Gasteiger partial charge in [0.2, 0.25) is 5.56 Å². The number of aromatic amines is 2. The van der Waals surface area contributed by atoms with Crippen LogP contribution in [0.1, 0.15) is 18.5 Å². The van der Waals surface area contributed by atoms with Crippen LogP contribution >= 0.6 is 11.6 Å². The minimum atomic E-state index is -1.04. The van der Waals surface area contributed by atoms with E-state index in [2.05, 4.69) is 9.97 Å². The fourth-order valence-corrected chi connectivity index (χ4v) is 3.98. The summed E-state index contributed by atoms with van der Waals surface area (Å²) in [4.78, 5) is 34.3. The molecule has 2 aromatic heterocycles. The van der Waals surface area contributed by atoms with Crippen molar-refractivity contribution in [2.75, 3.05) is 0 Å². The summed E-state index contributed by atoms with van der Waals surface area (Å²) < 4.78 is 0. The molecule has 0 aliphatic heterocycles. The zero-order valence-corrected chi connectivity index (χ0v) is 16.3. The number of pyridine rings is 1. The quantitative estimate of drug-likeness (QED) is 0.600. The SMILES string of the molecule is CC1C(C(=O)O)=C(Cl)C=CC1c1[nH]c(-c2ccccc2)nc1-c1cc[nH]c(=O)c1. The Balaban J connectivity index is 1.88. The number of imidazole rings is 1. The summed E-state index contributed by atoms with van der Waals surface area (Å²) in [6.45, 7) is 1.82. The molecule has 3 aromatic rings. The van der Waals surface area contributed by atoms with Crippen molar-refractivity contribution in [2.45, 2.75) is 12.8 Å². The molecule has 4 rings (SSSR count). The molecular formula is C22H18ClN3O3. The molecule has 2 unspecified atom stereocenters. The number of hydrogen-bond donors (Lipinski definition) is 3. The molecule has 0 spiro atoms. The zero-order chi connectivity index (χ0) is 20.5. The maximum absolute atomic E-state index is 11.9. The number of carboxylic acid groups (broad SMARTS) is 1. The van der Waals surface area contributed by atoms with E-state index >= 15 is 0 Å². The lowest BCUT2D eigenvalue weighted by molar-refractivity contribution is -0.133. The number of H-pyrrole nitrogens is 2. The van der Waals surface area contributed by atoms with Crippen molar-refractivity contribution in [3.8, 4) is 22.6 Å². The predicted octanol–water partition coefficient (Wildman–Crippen LogP) is 4.30. The first-order valence-electron chi connectivity index (χ1n) is 9.11. The molecule has 0 amide bonds. The minimum Gasteiger partial charge on any atom is -0.478 e. The number of rotatable bonds is 4. The maximum atomic E-state index is 11.9. The molecular weight excluding hydrogens is 390 g/mol. The summed E-state index contributed by atoms with van der Waals surface area (Å²) in [6, 6.07) is 12.9. The van der Waals surface area contributed by atoms with E-state index in [-0.39, 0.29) is 28.0 Å². The smallest absolute Gasteiger partial charge is 0.333 e. The third-order valence-electron chi connectivity index (χ3n) is 5.09. The highest BCUT2D eigenvalue weighted by atomic mass is 35.5. The second-order valence-corrected chi connectivity index (χ2v) is 7.30. The van der Waals surface area contributed by atoms with Gasteiger partial charge in [0, 0.05) is 35.2 Å². The Morgan fingerprint density at radius 2 is 1.93 bits per heavy atom. The van der Waals surface area contributed by atoms with Crippen LogP contribution in [-0.2, 0) is 4.79 Å². The molecule has 1 aliphatic rings. The Kier molecular flexibility index (Phi) is 4.94. The Bertz CT molecular complexity index is 1190. The number of allylic oxidation sites excluding steroid dienone is 3. The van der Waals surface area contributed by atoms with Crippen molar-refractivity contribution in [3.63, 3.8) is 0 Å². The second-order valence-electron chi connectivity index (χ2n) is 6.90. The van der Waals surface area contributed by atoms with Crippen LogP contribution in [0.4, 0.5) is 0 Å². The van der Waals surface area contributed by atoms with E-state index < -0.39 is 5.97 Å². The van der Waals surface area contributed by atoms with E-state index in [9.17, 15) is 14.7 Å². The fourth-order valence-electron chi connectivity index (χ4n) is 3.66. The number of nitrogens with one attached hydrogen (secondary N) is 2. The minimum absolute atomic E-state index is 0.159. The van der Waals surface area contributed by atoms with Crippen LogP contribution in [0.2, 0.25) is 0 Å². The van der Waals surface area contributed by atoms with Gasteiger partial charge in [-0.05, 0) is 12.1 Å². The van der Waals surface area contributed by atoms with Gasteiger partial charge in [-0.25, -0.2) is 9.78 Å². The molecule has 1 aliphatic carbocycles. The van der Waals surface area contributed by atoms with Crippen molar-refractivity contribution in [2.24, 2.45) is 5.92 Å². The van der Waals surface area contributed by atoms with Crippen molar-refractivity contribution < 1.29 is 9.90 Å². The molecule has 0 bridgehead atoms. The summed E-state index contributed by atoms with van der Waals surface area (Å²) in [7, 11) is 0. The molecule has 29 heavy (non-hydrogen) atoms. The van der Waals surface area contributed by atoms with Gasteiger partial charge < -0.3 is 15.1 Å².